The first-order valence-corrected chi connectivity index (χ1v) is 6.78. The van der Waals surface area contributed by atoms with Gasteiger partial charge < -0.3 is 5.32 Å². The zero-order chi connectivity index (χ0) is 15.4. The average molecular weight is 309 g/mol. The van der Waals surface area contributed by atoms with Crippen molar-refractivity contribution in [2.75, 3.05) is 5.32 Å². The van der Waals surface area contributed by atoms with E-state index in [2.05, 4.69) is 5.32 Å². The predicted octanol–water partition coefficient (Wildman–Crippen LogP) is 4.43. The third-order valence-corrected chi connectivity index (χ3v) is 3.33. The largest absolute Gasteiger partial charge is 0.381 e. The van der Waals surface area contributed by atoms with Gasteiger partial charge in [0.25, 0.3) is 5.69 Å². The van der Waals surface area contributed by atoms with Gasteiger partial charge >= 0.3 is 0 Å². The second kappa shape index (κ2) is 6.54. The second-order valence-electron chi connectivity index (χ2n) is 4.80. The molecule has 2 rings (SSSR count). The van der Waals surface area contributed by atoms with Crippen LogP contribution < -0.4 is 5.32 Å². The molecule has 0 saturated heterocycles. The number of benzene rings is 2. The zero-order valence-corrected chi connectivity index (χ0v) is 12.1. The maximum atomic E-state index is 12.8. The van der Waals surface area contributed by atoms with Gasteiger partial charge in [0.1, 0.15) is 5.82 Å². The molecule has 0 bridgehead atoms. The molecule has 21 heavy (non-hydrogen) atoms. The molecular formula is C15H14ClFN2O2. The molecule has 1 N–H and O–H groups in total. The number of non-ortho nitro benzene ring substituents is 1. The van der Waals surface area contributed by atoms with E-state index in [0.717, 1.165) is 5.56 Å². The van der Waals surface area contributed by atoms with Crippen molar-refractivity contribution in [2.24, 2.45) is 0 Å². The van der Waals surface area contributed by atoms with Crippen molar-refractivity contribution >= 4 is 23.0 Å². The molecule has 0 radical (unpaired) electrons. The topological polar surface area (TPSA) is 55.2 Å². The van der Waals surface area contributed by atoms with Crippen LogP contribution in [-0.2, 0) is 6.42 Å². The molecule has 2 aromatic carbocycles. The summed E-state index contributed by atoms with van der Waals surface area (Å²) in [6, 6.07) is 10.6. The van der Waals surface area contributed by atoms with Crippen LogP contribution in [-0.4, -0.2) is 11.0 Å². The molecule has 2 aromatic rings. The number of nitrogens with one attached hydrogen (secondary N) is 1. The summed E-state index contributed by atoms with van der Waals surface area (Å²) in [4.78, 5) is 10.2. The van der Waals surface area contributed by atoms with Crippen LogP contribution in [0, 0.1) is 15.9 Å². The minimum Gasteiger partial charge on any atom is -0.381 e. The molecule has 0 aromatic heterocycles. The minimum absolute atomic E-state index is 0.0447. The van der Waals surface area contributed by atoms with Gasteiger partial charge in [0.15, 0.2) is 0 Å². The third kappa shape index (κ3) is 4.16. The fraction of sp³-hybridized carbons (Fsp3) is 0.200. The monoisotopic (exact) mass is 308 g/mol. The van der Waals surface area contributed by atoms with E-state index in [9.17, 15) is 14.5 Å². The minimum atomic E-state index is -0.488. The Hall–Kier alpha value is -2.14. The van der Waals surface area contributed by atoms with Crippen molar-refractivity contribution in [3.8, 4) is 0 Å². The SMILES string of the molecule is CC(Cc1ccc(F)cc1)Nc1ccc([N+](=O)[O-])cc1Cl. The highest BCUT2D eigenvalue weighted by Crippen LogP contribution is 2.27. The summed E-state index contributed by atoms with van der Waals surface area (Å²) in [6.07, 6.45) is 0.688. The predicted molar refractivity (Wildman–Crippen MR) is 81.3 cm³/mol. The van der Waals surface area contributed by atoms with E-state index >= 15 is 0 Å². The molecule has 0 fully saturated rings. The quantitative estimate of drug-likeness (QED) is 0.656. The average Bonchev–Trinajstić information content (AvgIpc) is 2.43. The summed E-state index contributed by atoms with van der Waals surface area (Å²) in [5.74, 6) is -0.266. The van der Waals surface area contributed by atoms with Crippen LogP contribution in [0.2, 0.25) is 5.02 Å². The highest BCUT2D eigenvalue weighted by molar-refractivity contribution is 6.33. The lowest BCUT2D eigenvalue weighted by atomic mass is 10.1. The maximum Gasteiger partial charge on any atom is 0.271 e. The van der Waals surface area contributed by atoms with E-state index in [1.165, 1.54) is 24.3 Å². The summed E-state index contributed by atoms with van der Waals surface area (Å²) < 4.78 is 12.8. The number of hydrogen-bond acceptors (Lipinski definition) is 3. The molecule has 0 aliphatic heterocycles. The highest BCUT2D eigenvalue weighted by atomic mass is 35.5. The Kier molecular flexibility index (Phi) is 4.75. The van der Waals surface area contributed by atoms with E-state index in [4.69, 9.17) is 11.6 Å². The lowest BCUT2D eigenvalue weighted by Gasteiger charge is -2.16. The van der Waals surface area contributed by atoms with Crippen LogP contribution in [0.3, 0.4) is 0 Å². The molecule has 0 aliphatic rings. The molecule has 0 amide bonds. The van der Waals surface area contributed by atoms with Crippen LogP contribution in [0.1, 0.15) is 12.5 Å². The zero-order valence-electron chi connectivity index (χ0n) is 11.3. The molecule has 1 atom stereocenters. The van der Waals surface area contributed by atoms with Gasteiger partial charge in [-0.1, -0.05) is 23.7 Å². The number of rotatable bonds is 5. The number of nitro groups is 1. The fourth-order valence-electron chi connectivity index (χ4n) is 2.03. The van der Waals surface area contributed by atoms with Crippen molar-refractivity contribution < 1.29 is 9.31 Å². The van der Waals surface area contributed by atoms with E-state index in [0.29, 0.717) is 17.1 Å². The Morgan fingerprint density at radius 2 is 1.95 bits per heavy atom. The van der Waals surface area contributed by atoms with Gasteiger partial charge in [0.05, 0.1) is 15.6 Å². The van der Waals surface area contributed by atoms with Gasteiger partial charge in [-0.2, -0.15) is 0 Å². The smallest absolute Gasteiger partial charge is 0.271 e. The van der Waals surface area contributed by atoms with Gasteiger partial charge in [0, 0.05) is 18.2 Å². The van der Waals surface area contributed by atoms with E-state index in [1.807, 2.05) is 6.92 Å². The number of nitrogens with zero attached hydrogens (tertiary/aromatic N) is 1. The van der Waals surface area contributed by atoms with Gasteiger partial charge in [-0.15, -0.1) is 0 Å². The third-order valence-electron chi connectivity index (χ3n) is 3.02. The van der Waals surface area contributed by atoms with Crippen molar-refractivity contribution in [3.05, 3.63) is 69.0 Å². The second-order valence-corrected chi connectivity index (χ2v) is 5.20. The Morgan fingerprint density at radius 3 is 2.52 bits per heavy atom. The Bertz CT molecular complexity index is 647. The molecule has 0 saturated carbocycles. The van der Waals surface area contributed by atoms with Gasteiger partial charge in [-0.05, 0) is 37.1 Å². The first-order valence-electron chi connectivity index (χ1n) is 6.40. The summed E-state index contributed by atoms with van der Waals surface area (Å²) in [6.45, 7) is 1.96. The van der Waals surface area contributed by atoms with Crippen molar-refractivity contribution in [2.45, 2.75) is 19.4 Å². The number of anilines is 1. The lowest BCUT2D eigenvalue weighted by molar-refractivity contribution is -0.384. The number of nitro benzene ring substituents is 1. The van der Waals surface area contributed by atoms with Crippen LogP contribution in [0.25, 0.3) is 0 Å². The van der Waals surface area contributed by atoms with Crippen molar-refractivity contribution in [3.63, 3.8) is 0 Å². The Labute approximate surface area is 126 Å². The van der Waals surface area contributed by atoms with Gasteiger partial charge in [-0.3, -0.25) is 10.1 Å². The van der Waals surface area contributed by atoms with Crippen LogP contribution in [0.15, 0.2) is 42.5 Å². The summed E-state index contributed by atoms with van der Waals surface area (Å²) in [7, 11) is 0. The van der Waals surface area contributed by atoms with E-state index in [1.54, 1.807) is 18.2 Å². The van der Waals surface area contributed by atoms with E-state index in [-0.39, 0.29) is 17.5 Å². The number of halogens is 2. The summed E-state index contributed by atoms with van der Waals surface area (Å²) in [5.41, 5.74) is 1.59. The first kappa shape index (κ1) is 15.3. The molecule has 0 heterocycles. The maximum absolute atomic E-state index is 12.8. The standard InChI is InChI=1S/C15H14ClFN2O2/c1-10(8-11-2-4-12(17)5-3-11)18-15-7-6-13(19(20)21)9-14(15)16/h2-7,9-10,18H,8H2,1H3. The molecular weight excluding hydrogens is 295 g/mol. The molecule has 6 heteroatoms. The van der Waals surface area contributed by atoms with Crippen molar-refractivity contribution in [1.82, 2.24) is 0 Å². The normalized spacial score (nSPS) is 12.0. The lowest BCUT2D eigenvalue weighted by Crippen LogP contribution is -2.18. The van der Waals surface area contributed by atoms with Crippen LogP contribution in [0.4, 0.5) is 15.8 Å². The van der Waals surface area contributed by atoms with Crippen LogP contribution in [0.5, 0.6) is 0 Å². The summed E-state index contributed by atoms with van der Waals surface area (Å²) in [5, 5.41) is 14.1. The highest BCUT2D eigenvalue weighted by Gasteiger charge is 2.11. The fourth-order valence-corrected chi connectivity index (χ4v) is 2.25. The molecule has 4 nitrogen and oxygen atoms in total. The first-order chi connectivity index (χ1) is 9.95. The molecule has 0 spiro atoms. The number of hydrogen-bond donors (Lipinski definition) is 1. The molecule has 110 valence electrons. The molecule has 1 unspecified atom stereocenters. The van der Waals surface area contributed by atoms with Crippen molar-refractivity contribution in [1.29, 1.82) is 0 Å². The van der Waals surface area contributed by atoms with Gasteiger partial charge in [0.2, 0.25) is 0 Å². The van der Waals surface area contributed by atoms with Gasteiger partial charge in [-0.25, -0.2) is 4.39 Å². The summed E-state index contributed by atoms with van der Waals surface area (Å²) >= 11 is 6.02. The Balaban J connectivity index is 2.04. The molecule has 0 aliphatic carbocycles. The van der Waals surface area contributed by atoms with Crippen LogP contribution >= 0.6 is 11.6 Å². The van der Waals surface area contributed by atoms with E-state index < -0.39 is 4.92 Å². The Morgan fingerprint density at radius 1 is 1.29 bits per heavy atom.